The number of hydrogen-bond acceptors (Lipinski definition) is 4. The standard InChI is InChI=1S/C21H20BrClN2O2S/c1-13(27-20-8-7-17(23)11-18(20)22)21(26)24-10-9-15-3-5-16(6-4-15)19-12-28-14(2)25-19/h3-8,11-13H,9-10H2,1-2H3,(H,24,26). The maximum atomic E-state index is 12.3. The largest absolute Gasteiger partial charge is 0.480 e. The maximum absolute atomic E-state index is 12.3. The Labute approximate surface area is 182 Å². The summed E-state index contributed by atoms with van der Waals surface area (Å²) in [5.41, 5.74) is 3.26. The lowest BCUT2D eigenvalue weighted by Crippen LogP contribution is -2.37. The average molecular weight is 480 g/mol. The molecule has 1 atom stereocenters. The molecule has 2 aromatic carbocycles. The quantitative estimate of drug-likeness (QED) is 0.476. The predicted molar refractivity (Wildman–Crippen MR) is 118 cm³/mol. The van der Waals surface area contributed by atoms with Gasteiger partial charge in [-0.1, -0.05) is 35.9 Å². The Morgan fingerprint density at radius 2 is 2.04 bits per heavy atom. The molecule has 4 nitrogen and oxygen atoms in total. The lowest BCUT2D eigenvalue weighted by Gasteiger charge is -2.16. The second kappa shape index (κ2) is 9.54. The summed E-state index contributed by atoms with van der Waals surface area (Å²) in [7, 11) is 0. The van der Waals surface area contributed by atoms with Crippen molar-refractivity contribution in [2.45, 2.75) is 26.4 Å². The van der Waals surface area contributed by atoms with Gasteiger partial charge < -0.3 is 10.1 Å². The van der Waals surface area contributed by atoms with Crippen molar-refractivity contribution in [3.05, 3.63) is 67.9 Å². The minimum atomic E-state index is -0.604. The van der Waals surface area contributed by atoms with Crippen LogP contribution in [0.25, 0.3) is 11.3 Å². The van der Waals surface area contributed by atoms with Gasteiger partial charge >= 0.3 is 0 Å². The van der Waals surface area contributed by atoms with Crippen LogP contribution in [-0.4, -0.2) is 23.5 Å². The summed E-state index contributed by atoms with van der Waals surface area (Å²) >= 11 is 11.0. The van der Waals surface area contributed by atoms with E-state index in [-0.39, 0.29) is 5.91 Å². The Morgan fingerprint density at radius 1 is 1.29 bits per heavy atom. The van der Waals surface area contributed by atoms with Gasteiger partial charge in [-0.25, -0.2) is 4.98 Å². The summed E-state index contributed by atoms with van der Waals surface area (Å²) in [5.74, 6) is 0.427. The van der Waals surface area contributed by atoms with E-state index in [0.717, 1.165) is 32.7 Å². The van der Waals surface area contributed by atoms with Crippen LogP contribution >= 0.6 is 38.9 Å². The van der Waals surface area contributed by atoms with Crippen LogP contribution in [0, 0.1) is 6.92 Å². The fourth-order valence-corrected chi connectivity index (χ4v) is 4.02. The van der Waals surface area contributed by atoms with Gasteiger partial charge in [0.1, 0.15) is 5.75 Å². The number of thiazole rings is 1. The number of carbonyl (C=O) groups excluding carboxylic acids is 1. The van der Waals surface area contributed by atoms with Crippen molar-refractivity contribution in [3.63, 3.8) is 0 Å². The van der Waals surface area contributed by atoms with Gasteiger partial charge in [-0.15, -0.1) is 11.3 Å². The van der Waals surface area contributed by atoms with Crippen molar-refractivity contribution >= 4 is 44.8 Å². The molecule has 0 radical (unpaired) electrons. The molecule has 0 spiro atoms. The number of halogens is 2. The van der Waals surface area contributed by atoms with Gasteiger partial charge in [-0.05, 0) is 60.0 Å². The van der Waals surface area contributed by atoms with Gasteiger partial charge in [0.2, 0.25) is 0 Å². The molecule has 0 saturated carbocycles. The number of aryl methyl sites for hydroxylation is 1. The molecule has 1 amide bonds. The summed E-state index contributed by atoms with van der Waals surface area (Å²) in [6.07, 6.45) is 0.146. The monoisotopic (exact) mass is 478 g/mol. The van der Waals surface area contributed by atoms with E-state index in [9.17, 15) is 4.79 Å². The third-order valence-corrected chi connectivity index (χ3v) is 5.78. The number of aromatic nitrogens is 1. The molecule has 0 fully saturated rings. The zero-order valence-electron chi connectivity index (χ0n) is 15.5. The number of carbonyl (C=O) groups is 1. The fourth-order valence-electron chi connectivity index (χ4n) is 2.63. The summed E-state index contributed by atoms with van der Waals surface area (Å²) in [6.45, 7) is 4.27. The molecule has 3 rings (SSSR count). The Kier molecular flexibility index (Phi) is 7.10. The number of nitrogens with one attached hydrogen (secondary N) is 1. The van der Waals surface area contributed by atoms with E-state index in [1.165, 1.54) is 0 Å². The van der Waals surface area contributed by atoms with Crippen LogP contribution in [0.5, 0.6) is 5.75 Å². The lowest BCUT2D eigenvalue weighted by molar-refractivity contribution is -0.127. The highest BCUT2D eigenvalue weighted by atomic mass is 79.9. The predicted octanol–water partition coefficient (Wildman–Crippen LogP) is 5.66. The topological polar surface area (TPSA) is 51.2 Å². The molecule has 1 unspecified atom stereocenters. The second-order valence-electron chi connectivity index (χ2n) is 6.32. The Bertz CT molecular complexity index is 959. The van der Waals surface area contributed by atoms with Crippen LogP contribution in [0.4, 0.5) is 0 Å². The molecule has 0 aliphatic rings. The molecule has 3 aromatic rings. The van der Waals surface area contributed by atoms with Crippen LogP contribution in [-0.2, 0) is 11.2 Å². The fraction of sp³-hybridized carbons (Fsp3) is 0.238. The number of ether oxygens (including phenoxy) is 1. The molecule has 28 heavy (non-hydrogen) atoms. The van der Waals surface area contributed by atoms with Gasteiger partial charge in [-0.2, -0.15) is 0 Å². The Balaban J connectivity index is 1.48. The molecular weight excluding hydrogens is 460 g/mol. The number of rotatable bonds is 7. The highest BCUT2D eigenvalue weighted by Gasteiger charge is 2.15. The Morgan fingerprint density at radius 3 is 2.68 bits per heavy atom. The summed E-state index contributed by atoms with van der Waals surface area (Å²) in [6, 6.07) is 13.5. The van der Waals surface area contributed by atoms with Crippen LogP contribution in [0.15, 0.2) is 52.3 Å². The minimum absolute atomic E-state index is 0.156. The highest BCUT2D eigenvalue weighted by molar-refractivity contribution is 9.10. The van der Waals surface area contributed by atoms with Crippen molar-refractivity contribution in [2.24, 2.45) is 0 Å². The third-order valence-electron chi connectivity index (χ3n) is 4.15. The smallest absolute Gasteiger partial charge is 0.260 e. The molecule has 0 saturated heterocycles. The molecule has 0 bridgehead atoms. The average Bonchev–Trinajstić information content (AvgIpc) is 3.10. The van der Waals surface area contributed by atoms with E-state index in [4.69, 9.17) is 16.3 Å². The first-order chi connectivity index (χ1) is 13.4. The van der Waals surface area contributed by atoms with Crippen molar-refractivity contribution < 1.29 is 9.53 Å². The minimum Gasteiger partial charge on any atom is -0.480 e. The van der Waals surface area contributed by atoms with Gasteiger partial charge in [0, 0.05) is 22.5 Å². The van der Waals surface area contributed by atoms with Crippen molar-refractivity contribution in [1.82, 2.24) is 10.3 Å². The third kappa shape index (κ3) is 5.56. The maximum Gasteiger partial charge on any atom is 0.260 e. The van der Waals surface area contributed by atoms with Gasteiger partial charge in [-0.3, -0.25) is 4.79 Å². The SMILES string of the molecule is Cc1nc(-c2ccc(CCNC(=O)C(C)Oc3ccc(Cl)cc3Br)cc2)cs1. The molecule has 0 aliphatic carbocycles. The van der Waals surface area contributed by atoms with Gasteiger partial charge in [0.05, 0.1) is 15.2 Å². The second-order valence-corrected chi connectivity index (χ2v) is 8.68. The van der Waals surface area contributed by atoms with E-state index in [0.29, 0.717) is 17.3 Å². The van der Waals surface area contributed by atoms with Crippen molar-refractivity contribution in [3.8, 4) is 17.0 Å². The Hall–Kier alpha value is -1.89. The van der Waals surface area contributed by atoms with Crippen LogP contribution in [0.3, 0.4) is 0 Å². The van der Waals surface area contributed by atoms with E-state index in [2.05, 4.69) is 55.9 Å². The van der Waals surface area contributed by atoms with E-state index >= 15 is 0 Å². The summed E-state index contributed by atoms with van der Waals surface area (Å²) in [4.78, 5) is 16.8. The van der Waals surface area contributed by atoms with Gasteiger partial charge in [0.25, 0.3) is 5.91 Å². The number of hydrogen-bond donors (Lipinski definition) is 1. The molecular formula is C21H20BrClN2O2S. The lowest BCUT2D eigenvalue weighted by atomic mass is 10.1. The van der Waals surface area contributed by atoms with Crippen LogP contribution < -0.4 is 10.1 Å². The first-order valence-corrected chi connectivity index (χ1v) is 10.9. The van der Waals surface area contributed by atoms with Crippen molar-refractivity contribution in [1.29, 1.82) is 0 Å². The van der Waals surface area contributed by atoms with Crippen LogP contribution in [0.2, 0.25) is 5.02 Å². The highest BCUT2D eigenvalue weighted by Crippen LogP contribution is 2.28. The number of amides is 1. The molecule has 7 heteroatoms. The van der Waals surface area contributed by atoms with Crippen LogP contribution in [0.1, 0.15) is 17.5 Å². The number of nitrogens with zero attached hydrogens (tertiary/aromatic N) is 1. The van der Waals surface area contributed by atoms with E-state index in [1.54, 1.807) is 36.5 Å². The van der Waals surface area contributed by atoms with E-state index in [1.807, 2.05) is 6.92 Å². The zero-order valence-corrected chi connectivity index (χ0v) is 18.7. The van der Waals surface area contributed by atoms with Crippen molar-refractivity contribution in [2.75, 3.05) is 6.54 Å². The first-order valence-electron chi connectivity index (χ1n) is 8.83. The molecule has 146 valence electrons. The molecule has 1 aromatic heterocycles. The summed E-state index contributed by atoms with van der Waals surface area (Å²) < 4.78 is 6.43. The van der Waals surface area contributed by atoms with Gasteiger partial charge in [0.15, 0.2) is 6.10 Å². The molecule has 0 aliphatic heterocycles. The normalized spacial score (nSPS) is 11.9. The summed E-state index contributed by atoms with van der Waals surface area (Å²) in [5, 5.41) is 6.64. The zero-order chi connectivity index (χ0) is 20.1. The molecule has 1 N–H and O–H groups in total. The first kappa shape index (κ1) is 20.8. The molecule has 1 heterocycles. The number of benzene rings is 2. The van der Waals surface area contributed by atoms with E-state index < -0.39 is 6.10 Å².